The van der Waals surface area contributed by atoms with Gasteiger partial charge in [-0.25, -0.2) is 4.98 Å². The van der Waals surface area contributed by atoms with Crippen molar-refractivity contribution < 1.29 is 4.74 Å². The standard InChI is InChI=1S/C11H14BrN5O/c1-8(13)5-17-6-9(15-16-17)7-18-10-3-2-4-14-11(10)12/h2-4,6,8H,5,7,13H2,1H3/t8-/m0/s1. The normalized spacial score (nSPS) is 12.4. The Bertz CT molecular complexity index is 514. The lowest BCUT2D eigenvalue weighted by atomic mass is 10.4. The van der Waals surface area contributed by atoms with Gasteiger partial charge in [-0.3, -0.25) is 4.68 Å². The first kappa shape index (κ1) is 13.0. The van der Waals surface area contributed by atoms with Crippen LogP contribution in [0.15, 0.2) is 29.1 Å². The second kappa shape index (κ2) is 5.92. The van der Waals surface area contributed by atoms with Gasteiger partial charge in [0, 0.05) is 12.2 Å². The third-order valence-corrected chi connectivity index (χ3v) is 2.76. The van der Waals surface area contributed by atoms with Crippen molar-refractivity contribution in [3.8, 4) is 5.75 Å². The highest BCUT2D eigenvalue weighted by molar-refractivity contribution is 9.10. The number of pyridine rings is 1. The average molecular weight is 312 g/mol. The second-order valence-corrected chi connectivity index (χ2v) is 4.74. The molecule has 0 unspecified atom stereocenters. The highest BCUT2D eigenvalue weighted by atomic mass is 79.9. The summed E-state index contributed by atoms with van der Waals surface area (Å²) in [6, 6.07) is 3.70. The van der Waals surface area contributed by atoms with Gasteiger partial charge in [-0.15, -0.1) is 5.10 Å². The van der Waals surface area contributed by atoms with Crippen LogP contribution in [0.2, 0.25) is 0 Å². The van der Waals surface area contributed by atoms with Crippen molar-refractivity contribution in [2.45, 2.75) is 26.1 Å². The van der Waals surface area contributed by atoms with Crippen molar-refractivity contribution >= 4 is 15.9 Å². The molecule has 7 heteroatoms. The van der Waals surface area contributed by atoms with Gasteiger partial charge in [-0.1, -0.05) is 5.21 Å². The number of halogens is 1. The minimum absolute atomic E-state index is 0.0490. The van der Waals surface area contributed by atoms with Crippen molar-refractivity contribution in [1.82, 2.24) is 20.0 Å². The summed E-state index contributed by atoms with van der Waals surface area (Å²) in [5.41, 5.74) is 6.44. The van der Waals surface area contributed by atoms with Crippen LogP contribution >= 0.6 is 15.9 Å². The number of nitrogens with two attached hydrogens (primary N) is 1. The number of ether oxygens (including phenoxy) is 1. The number of rotatable bonds is 5. The molecule has 96 valence electrons. The van der Waals surface area contributed by atoms with Crippen molar-refractivity contribution in [3.63, 3.8) is 0 Å². The molecule has 0 aliphatic rings. The van der Waals surface area contributed by atoms with Crippen LogP contribution < -0.4 is 10.5 Å². The van der Waals surface area contributed by atoms with Gasteiger partial charge in [0.05, 0.1) is 12.7 Å². The van der Waals surface area contributed by atoms with Crippen LogP contribution in [0.4, 0.5) is 0 Å². The first-order valence-corrected chi connectivity index (χ1v) is 6.32. The zero-order valence-electron chi connectivity index (χ0n) is 9.95. The smallest absolute Gasteiger partial charge is 0.152 e. The molecule has 0 aliphatic carbocycles. The monoisotopic (exact) mass is 311 g/mol. The molecule has 6 nitrogen and oxygen atoms in total. The maximum atomic E-state index is 5.68. The minimum Gasteiger partial charge on any atom is -0.484 e. The molecule has 2 rings (SSSR count). The molecule has 2 N–H and O–H groups in total. The van der Waals surface area contributed by atoms with Crippen LogP contribution in [-0.4, -0.2) is 26.0 Å². The largest absolute Gasteiger partial charge is 0.484 e. The van der Waals surface area contributed by atoms with E-state index in [2.05, 4.69) is 31.2 Å². The summed E-state index contributed by atoms with van der Waals surface area (Å²) in [4.78, 5) is 4.07. The van der Waals surface area contributed by atoms with Crippen LogP contribution in [0.3, 0.4) is 0 Å². The van der Waals surface area contributed by atoms with Crippen molar-refractivity contribution in [1.29, 1.82) is 0 Å². The van der Waals surface area contributed by atoms with Gasteiger partial charge in [0.15, 0.2) is 5.75 Å². The lowest BCUT2D eigenvalue weighted by Gasteiger charge is -2.04. The van der Waals surface area contributed by atoms with Gasteiger partial charge in [0.25, 0.3) is 0 Å². The van der Waals surface area contributed by atoms with Gasteiger partial charge in [0.1, 0.15) is 16.9 Å². The van der Waals surface area contributed by atoms with Crippen LogP contribution in [0.5, 0.6) is 5.75 Å². The number of hydrogen-bond donors (Lipinski definition) is 1. The first-order chi connectivity index (χ1) is 8.65. The van der Waals surface area contributed by atoms with E-state index in [1.54, 1.807) is 10.9 Å². The summed E-state index contributed by atoms with van der Waals surface area (Å²) in [7, 11) is 0. The Morgan fingerprint density at radius 3 is 3.11 bits per heavy atom. The fourth-order valence-electron chi connectivity index (χ4n) is 1.42. The Kier molecular flexibility index (Phi) is 4.27. The summed E-state index contributed by atoms with van der Waals surface area (Å²) in [6.07, 6.45) is 3.52. The highest BCUT2D eigenvalue weighted by Gasteiger charge is 2.05. The van der Waals surface area contributed by atoms with Gasteiger partial charge in [-0.2, -0.15) is 0 Å². The molecule has 0 saturated heterocycles. The SMILES string of the molecule is C[C@H](N)Cn1cc(COc2cccnc2Br)nn1. The molecule has 0 aromatic carbocycles. The molecule has 0 amide bonds. The predicted octanol–water partition coefficient (Wildman–Crippen LogP) is 1.36. The van der Waals surface area contributed by atoms with E-state index >= 15 is 0 Å². The molecule has 0 radical (unpaired) electrons. The third-order valence-electron chi connectivity index (χ3n) is 2.16. The number of aromatic nitrogens is 4. The molecule has 2 aromatic rings. The summed E-state index contributed by atoms with van der Waals surface area (Å²) in [5.74, 6) is 0.680. The molecule has 0 fully saturated rings. The fourth-order valence-corrected chi connectivity index (χ4v) is 1.78. The molecule has 2 heterocycles. The molecular weight excluding hydrogens is 298 g/mol. The second-order valence-electron chi connectivity index (χ2n) is 3.99. The van der Waals surface area contributed by atoms with E-state index in [9.17, 15) is 0 Å². The summed E-state index contributed by atoms with van der Waals surface area (Å²) in [5, 5.41) is 7.98. The lowest BCUT2D eigenvalue weighted by molar-refractivity contribution is 0.297. The van der Waals surface area contributed by atoms with E-state index in [1.165, 1.54) is 0 Å². The molecule has 1 atom stereocenters. The van der Waals surface area contributed by atoms with E-state index in [0.717, 1.165) is 5.69 Å². The quantitative estimate of drug-likeness (QED) is 0.843. The summed E-state index contributed by atoms with van der Waals surface area (Å²) < 4.78 is 7.97. The molecule has 0 bridgehead atoms. The molecule has 0 aliphatic heterocycles. The van der Waals surface area contributed by atoms with E-state index in [-0.39, 0.29) is 6.04 Å². The first-order valence-electron chi connectivity index (χ1n) is 5.53. The maximum absolute atomic E-state index is 5.68. The Morgan fingerprint density at radius 2 is 2.39 bits per heavy atom. The summed E-state index contributed by atoms with van der Waals surface area (Å²) in [6.45, 7) is 2.91. The van der Waals surface area contributed by atoms with Gasteiger partial charge < -0.3 is 10.5 Å². The van der Waals surface area contributed by atoms with Gasteiger partial charge in [-0.05, 0) is 35.0 Å². The molecule has 0 saturated carbocycles. The Labute approximate surface area is 113 Å². The Morgan fingerprint density at radius 1 is 1.56 bits per heavy atom. The predicted molar refractivity (Wildman–Crippen MR) is 69.9 cm³/mol. The van der Waals surface area contributed by atoms with E-state index < -0.39 is 0 Å². The average Bonchev–Trinajstić information content (AvgIpc) is 2.75. The van der Waals surface area contributed by atoms with Gasteiger partial charge >= 0.3 is 0 Å². The molecule has 18 heavy (non-hydrogen) atoms. The van der Waals surface area contributed by atoms with Crippen LogP contribution in [-0.2, 0) is 13.2 Å². The van der Waals surface area contributed by atoms with E-state index in [0.29, 0.717) is 23.5 Å². The Balaban J connectivity index is 1.94. The highest BCUT2D eigenvalue weighted by Crippen LogP contribution is 2.21. The summed E-state index contributed by atoms with van der Waals surface area (Å²) >= 11 is 3.31. The zero-order valence-corrected chi connectivity index (χ0v) is 11.5. The topological polar surface area (TPSA) is 78.9 Å². The Hall–Kier alpha value is -1.47. The van der Waals surface area contributed by atoms with Crippen LogP contribution in [0.1, 0.15) is 12.6 Å². The lowest BCUT2D eigenvalue weighted by Crippen LogP contribution is -2.22. The number of nitrogens with zero attached hydrogens (tertiary/aromatic N) is 4. The fraction of sp³-hybridized carbons (Fsp3) is 0.364. The molecule has 0 spiro atoms. The maximum Gasteiger partial charge on any atom is 0.152 e. The third kappa shape index (κ3) is 3.51. The van der Waals surface area contributed by atoms with Crippen LogP contribution in [0.25, 0.3) is 0 Å². The van der Waals surface area contributed by atoms with Crippen molar-refractivity contribution in [2.75, 3.05) is 0 Å². The molecular formula is C11H14BrN5O. The van der Waals surface area contributed by atoms with Crippen molar-refractivity contribution in [2.24, 2.45) is 5.73 Å². The van der Waals surface area contributed by atoms with Crippen molar-refractivity contribution in [3.05, 3.63) is 34.8 Å². The zero-order chi connectivity index (χ0) is 13.0. The molecule has 2 aromatic heterocycles. The van der Waals surface area contributed by atoms with Crippen LogP contribution in [0, 0.1) is 0 Å². The minimum atomic E-state index is 0.0490. The van der Waals surface area contributed by atoms with E-state index in [4.69, 9.17) is 10.5 Å². The van der Waals surface area contributed by atoms with E-state index in [1.807, 2.05) is 25.3 Å². The number of hydrogen-bond acceptors (Lipinski definition) is 5. The van der Waals surface area contributed by atoms with Gasteiger partial charge in [0.2, 0.25) is 0 Å².